The van der Waals surface area contributed by atoms with Gasteiger partial charge < -0.3 is 15.4 Å². The summed E-state index contributed by atoms with van der Waals surface area (Å²) < 4.78 is 6.14. The van der Waals surface area contributed by atoms with Crippen LogP contribution < -0.4 is 10.6 Å². The molecule has 0 saturated heterocycles. The van der Waals surface area contributed by atoms with Crippen LogP contribution in [-0.4, -0.2) is 30.4 Å². The highest BCUT2D eigenvalue weighted by molar-refractivity contribution is 7.80. The Morgan fingerprint density at radius 3 is 3.05 bits per heavy atom. The van der Waals surface area contributed by atoms with Crippen molar-refractivity contribution in [2.75, 3.05) is 25.6 Å². The van der Waals surface area contributed by atoms with E-state index in [1.165, 1.54) is 4.70 Å². The highest BCUT2D eigenvalue weighted by atomic mass is 32.1. The van der Waals surface area contributed by atoms with Crippen LogP contribution >= 0.6 is 23.6 Å². The van der Waals surface area contributed by atoms with Crippen molar-refractivity contribution in [1.82, 2.24) is 10.3 Å². The lowest BCUT2D eigenvalue weighted by molar-refractivity contribution is 0.204. The summed E-state index contributed by atoms with van der Waals surface area (Å²) in [5.41, 5.74) is 2.03. The molecule has 2 rings (SSSR count). The molecule has 1 aromatic heterocycles. The number of anilines is 1. The Morgan fingerprint density at radius 2 is 2.32 bits per heavy atom. The molecule has 102 valence electrons. The minimum Gasteiger partial charge on any atom is -0.383 e. The van der Waals surface area contributed by atoms with Crippen LogP contribution in [0.4, 0.5) is 5.69 Å². The van der Waals surface area contributed by atoms with Crippen LogP contribution in [0, 0.1) is 0 Å². The largest absolute Gasteiger partial charge is 0.383 e. The molecule has 0 saturated carbocycles. The van der Waals surface area contributed by atoms with Gasteiger partial charge in [0.2, 0.25) is 0 Å². The molecule has 1 aromatic carbocycles. The van der Waals surface area contributed by atoms with Crippen LogP contribution in [-0.2, 0) is 11.2 Å². The molecule has 0 aliphatic heterocycles. The zero-order chi connectivity index (χ0) is 13.7. The number of methoxy groups -OCH3 is 1. The van der Waals surface area contributed by atoms with Crippen molar-refractivity contribution in [2.24, 2.45) is 0 Å². The molecule has 0 aliphatic rings. The number of benzene rings is 1. The topological polar surface area (TPSA) is 46.2 Å². The van der Waals surface area contributed by atoms with Gasteiger partial charge in [-0.1, -0.05) is 6.92 Å². The van der Waals surface area contributed by atoms with Gasteiger partial charge in [0, 0.05) is 19.3 Å². The molecule has 4 nitrogen and oxygen atoms in total. The van der Waals surface area contributed by atoms with Gasteiger partial charge in [0.05, 0.1) is 21.8 Å². The van der Waals surface area contributed by atoms with E-state index in [1.54, 1.807) is 18.4 Å². The monoisotopic (exact) mass is 295 g/mol. The molecule has 0 atom stereocenters. The number of thiocarbonyl (C=S) groups is 1. The third-order valence-corrected chi connectivity index (χ3v) is 3.99. The standard InChI is InChI=1S/C13H17N3OS2/c1-3-12-16-10-5-4-9(8-11(10)19-12)15-13(18)14-6-7-17-2/h4-5,8H,3,6-7H2,1-2H3,(H2,14,15,18). The third-order valence-electron chi connectivity index (χ3n) is 2.58. The number of thiazole rings is 1. The first-order valence-corrected chi connectivity index (χ1v) is 7.38. The molecule has 2 N–H and O–H groups in total. The molecule has 6 heteroatoms. The van der Waals surface area contributed by atoms with Crippen LogP contribution in [0.5, 0.6) is 0 Å². The quantitative estimate of drug-likeness (QED) is 0.656. The first-order chi connectivity index (χ1) is 9.22. The van der Waals surface area contributed by atoms with E-state index in [9.17, 15) is 0 Å². The Hall–Kier alpha value is -1.24. The fourth-order valence-corrected chi connectivity index (χ4v) is 2.81. The second-order valence-electron chi connectivity index (χ2n) is 4.02. The lowest BCUT2D eigenvalue weighted by Gasteiger charge is -2.09. The summed E-state index contributed by atoms with van der Waals surface area (Å²) in [7, 11) is 1.67. The lowest BCUT2D eigenvalue weighted by Crippen LogP contribution is -2.31. The van der Waals surface area contributed by atoms with E-state index < -0.39 is 0 Å². The molecule has 0 aliphatic carbocycles. The zero-order valence-corrected chi connectivity index (χ0v) is 12.7. The van der Waals surface area contributed by atoms with Gasteiger partial charge in [0.15, 0.2) is 5.11 Å². The molecule has 1 heterocycles. The second-order valence-corrected chi connectivity index (χ2v) is 5.54. The van der Waals surface area contributed by atoms with Crippen molar-refractivity contribution in [3.8, 4) is 0 Å². The number of fused-ring (bicyclic) bond motifs is 1. The highest BCUT2D eigenvalue weighted by Gasteiger charge is 2.04. The van der Waals surface area contributed by atoms with Crippen molar-refractivity contribution >= 4 is 44.6 Å². The molecule has 0 unspecified atom stereocenters. The van der Waals surface area contributed by atoms with Gasteiger partial charge in [-0.2, -0.15) is 0 Å². The normalized spacial score (nSPS) is 10.6. The summed E-state index contributed by atoms with van der Waals surface area (Å²) in [5.74, 6) is 0. The Kier molecular flexibility index (Phi) is 5.07. The number of aromatic nitrogens is 1. The number of nitrogens with zero attached hydrogens (tertiary/aromatic N) is 1. The zero-order valence-electron chi connectivity index (χ0n) is 11.0. The second kappa shape index (κ2) is 6.79. The Balaban J connectivity index is 2.02. The molecule has 0 bridgehead atoms. The van der Waals surface area contributed by atoms with Crippen molar-refractivity contribution in [1.29, 1.82) is 0 Å². The minimum absolute atomic E-state index is 0.608. The molecule has 0 spiro atoms. The lowest BCUT2D eigenvalue weighted by atomic mass is 10.3. The third kappa shape index (κ3) is 3.86. The van der Waals surface area contributed by atoms with E-state index in [4.69, 9.17) is 17.0 Å². The molecule has 0 radical (unpaired) electrons. The maximum atomic E-state index is 5.21. The van der Waals surface area contributed by atoms with E-state index in [0.717, 1.165) is 22.6 Å². The molecule has 0 fully saturated rings. The van der Waals surface area contributed by atoms with Crippen LogP contribution in [0.3, 0.4) is 0 Å². The van der Waals surface area contributed by atoms with Gasteiger partial charge in [-0.05, 0) is 36.8 Å². The van der Waals surface area contributed by atoms with E-state index in [1.807, 2.05) is 12.1 Å². The predicted molar refractivity (Wildman–Crippen MR) is 85.1 cm³/mol. The van der Waals surface area contributed by atoms with Crippen LogP contribution in [0.1, 0.15) is 11.9 Å². The van der Waals surface area contributed by atoms with Crippen molar-refractivity contribution in [3.63, 3.8) is 0 Å². The average molecular weight is 295 g/mol. The van der Waals surface area contributed by atoms with E-state index in [-0.39, 0.29) is 0 Å². The number of nitrogens with one attached hydrogen (secondary N) is 2. The molecule has 2 aromatic rings. The maximum absolute atomic E-state index is 5.21. The number of hydrogen-bond acceptors (Lipinski definition) is 4. The van der Waals surface area contributed by atoms with Crippen LogP contribution in [0.2, 0.25) is 0 Å². The number of rotatable bonds is 5. The smallest absolute Gasteiger partial charge is 0.170 e. The Bertz CT molecular complexity index is 568. The molecule has 0 amide bonds. The van der Waals surface area contributed by atoms with Crippen molar-refractivity contribution in [3.05, 3.63) is 23.2 Å². The fraction of sp³-hybridized carbons (Fsp3) is 0.385. The van der Waals surface area contributed by atoms with Crippen molar-refractivity contribution in [2.45, 2.75) is 13.3 Å². The molecule has 19 heavy (non-hydrogen) atoms. The van der Waals surface area contributed by atoms with Gasteiger partial charge in [-0.15, -0.1) is 11.3 Å². The summed E-state index contributed by atoms with van der Waals surface area (Å²) in [6.45, 7) is 3.45. The summed E-state index contributed by atoms with van der Waals surface area (Å²) >= 11 is 6.94. The van der Waals surface area contributed by atoms with Gasteiger partial charge in [-0.25, -0.2) is 4.98 Å². The summed E-state index contributed by atoms with van der Waals surface area (Å²) in [5, 5.41) is 8.01. The fourth-order valence-electron chi connectivity index (χ4n) is 1.64. The maximum Gasteiger partial charge on any atom is 0.170 e. The molecular formula is C13H17N3OS2. The Morgan fingerprint density at radius 1 is 1.47 bits per heavy atom. The minimum atomic E-state index is 0.608. The van der Waals surface area contributed by atoms with Gasteiger partial charge in [-0.3, -0.25) is 0 Å². The van der Waals surface area contributed by atoms with Gasteiger partial charge in [0.25, 0.3) is 0 Å². The first-order valence-electron chi connectivity index (χ1n) is 6.16. The first kappa shape index (κ1) is 14.2. The van der Waals surface area contributed by atoms with Crippen molar-refractivity contribution < 1.29 is 4.74 Å². The Labute approximate surface area is 122 Å². The number of ether oxygens (including phenoxy) is 1. The van der Waals surface area contributed by atoms with Gasteiger partial charge in [0.1, 0.15) is 0 Å². The van der Waals surface area contributed by atoms with E-state index in [0.29, 0.717) is 18.3 Å². The van der Waals surface area contributed by atoms with E-state index >= 15 is 0 Å². The summed E-state index contributed by atoms with van der Waals surface area (Å²) in [6.07, 6.45) is 0.971. The summed E-state index contributed by atoms with van der Waals surface area (Å²) in [6, 6.07) is 6.09. The van der Waals surface area contributed by atoms with Gasteiger partial charge >= 0.3 is 0 Å². The number of aryl methyl sites for hydroxylation is 1. The average Bonchev–Trinajstić information content (AvgIpc) is 2.81. The number of hydrogen-bond donors (Lipinski definition) is 2. The SMILES string of the molecule is CCc1nc2ccc(NC(=S)NCCOC)cc2s1. The molecular weight excluding hydrogens is 278 g/mol. The summed E-state index contributed by atoms with van der Waals surface area (Å²) in [4.78, 5) is 4.54. The highest BCUT2D eigenvalue weighted by Crippen LogP contribution is 2.25. The van der Waals surface area contributed by atoms with E-state index in [2.05, 4.69) is 28.6 Å². The van der Waals surface area contributed by atoms with Crippen LogP contribution in [0.15, 0.2) is 18.2 Å². The van der Waals surface area contributed by atoms with Crippen LogP contribution in [0.25, 0.3) is 10.2 Å². The predicted octanol–water partition coefficient (Wildman–Crippen LogP) is 2.79.